The van der Waals surface area contributed by atoms with E-state index in [2.05, 4.69) is 20.4 Å². The molecule has 0 spiro atoms. The predicted octanol–water partition coefficient (Wildman–Crippen LogP) is 5.30. The van der Waals surface area contributed by atoms with E-state index in [-0.39, 0.29) is 0 Å². The highest BCUT2D eigenvalue weighted by atomic mass is 16.5. The molecule has 0 atom stereocenters. The van der Waals surface area contributed by atoms with E-state index < -0.39 is 0 Å². The summed E-state index contributed by atoms with van der Waals surface area (Å²) in [6.07, 6.45) is 10.9. The standard InChI is InChI=1S/C16H24O/c1-7-10-12-14(5)15(6)17-16(11-8-2)13(4)9-3/h7-8,10-12H,6,9H2,1-5H3. The number of ether oxygens (including phenoxy) is 1. The molecule has 17 heavy (non-hydrogen) atoms. The average molecular weight is 232 g/mol. The summed E-state index contributed by atoms with van der Waals surface area (Å²) in [5.74, 6) is 1.59. The normalized spacial score (nSPS) is 14.3. The summed E-state index contributed by atoms with van der Waals surface area (Å²) < 4.78 is 5.80. The van der Waals surface area contributed by atoms with Crippen LogP contribution in [0.3, 0.4) is 0 Å². The molecule has 0 aromatic carbocycles. The molecular weight excluding hydrogens is 208 g/mol. The molecule has 0 aliphatic rings. The molecule has 0 rings (SSSR count). The van der Waals surface area contributed by atoms with Gasteiger partial charge in [0.05, 0.1) is 0 Å². The van der Waals surface area contributed by atoms with Gasteiger partial charge in [-0.2, -0.15) is 0 Å². The molecule has 0 bridgehead atoms. The van der Waals surface area contributed by atoms with Crippen LogP contribution in [0, 0.1) is 0 Å². The maximum atomic E-state index is 5.80. The van der Waals surface area contributed by atoms with Crippen molar-refractivity contribution in [2.45, 2.75) is 41.0 Å². The van der Waals surface area contributed by atoms with Crippen LogP contribution in [0.1, 0.15) is 41.0 Å². The quantitative estimate of drug-likeness (QED) is 0.446. The second kappa shape index (κ2) is 8.63. The van der Waals surface area contributed by atoms with Crippen molar-refractivity contribution in [2.75, 3.05) is 0 Å². The zero-order valence-corrected chi connectivity index (χ0v) is 11.7. The van der Waals surface area contributed by atoms with Crippen LogP contribution in [0.4, 0.5) is 0 Å². The van der Waals surface area contributed by atoms with E-state index in [1.165, 1.54) is 5.57 Å². The first kappa shape index (κ1) is 15.5. The predicted molar refractivity (Wildman–Crippen MR) is 76.6 cm³/mol. The Morgan fingerprint density at radius 3 is 2.29 bits per heavy atom. The van der Waals surface area contributed by atoms with Gasteiger partial charge >= 0.3 is 0 Å². The van der Waals surface area contributed by atoms with Crippen molar-refractivity contribution in [1.29, 1.82) is 0 Å². The van der Waals surface area contributed by atoms with Crippen molar-refractivity contribution in [3.05, 3.63) is 59.6 Å². The van der Waals surface area contributed by atoms with Gasteiger partial charge in [-0.15, -0.1) is 0 Å². The molecule has 0 unspecified atom stereocenters. The van der Waals surface area contributed by atoms with Crippen molar-refractivity contribution < 1.29 is 4.74 Å². The number of rotatable bonds is 6. The van der Waals surface area contributed by atoms with Crippen LogP contribution >= 0.6 is 0 Å². The van der Waals surface area contributed by atoms with E-state index in [9.17, 15) is 0 Å². The molecule has 0 heterocycles. The van der Waals surface area contributed by atoms with Crippen LogP contribution in [-0.4, -0.2) is 0 Å². The zero-order valence-electron chi connectivity index (χ0n) is 11.7. The second-order valence-corrected chi connectivity index (χ2v) is 3.90. The van der Waals surface area contributed by atoms with Crippen molar-refractivity contribution >= 4 is 0 Å². The molecule has 0 aliphatic carbocycles. The maximum absolute atomic E-state index is 5.80. The average Bonchev–Trinajstić information content (AvgIpc) is 2.34. The fourth-order valence-electron chi connectivity index (χ4n) is 1.14. The van der Waals surface area contributed by atoms with Gasteiger partial charge in [0.2, 0.25) is 0 Å². The Balaban J connectivity index is 4.86. The Labute approximate surface area is 106 Å². The first-order chi connectivity index (χ1) is 8.06. The molecule has 0 amide bonds. The molecule has 0 aliphatic heterocycles. The van der Waals surface area contributed by atoms with Gasteiger partial charge in [-0.25, -0.2) is 0 Å². The van der Waals surface area contributed by atoms with E-state index >= 15 is 0 Å². The summed E-state index contributed by atoms with van der Waals surface area (Å²) in [6, 6.07) is 0. The smallest absolute Gasteiger partial charge is 0.125 e. The van der Waals surface area contributed by atoms with Gasteiger partial charge in [0.1, 0.15) is 11.5 Å². The van der Waals surface area contributed by atoms with Crippen molar-refractivity contribution in [3.8, 4) is 0 Å². The van der Waals surface area contributed by atoms with Gasteiger partial charge in [-0.05, 0) is 51.3 Å². The minimum atomic E-state index is 0.698. The summed E-state index contributed by atoms with van der Waals surface area (Å²) in [5.41, 5.74) is 2.26. The summed E-state index contributed by atoms with van der Waals surface area (Å²) in [7, 11) is 0. The van der Waals surface area contributed by atoms with Crippen molar-refractivity contribution in [3.63, 3.8) is 0 Å². The lowest BCUT2D eigenvalue weighted by atomic mass is 10.2. The number of hydrogen-bond acceptors (Lipinski definition) is 1. The largest absolute Gasteiger partial charge is 0.458 e. The molecule has 1 nitrogen and oxygen atoms in total. The lowest BCUT2D eigenvalue weighted by Gasteiger charge is -2.12. The van der Waals surface area contributed by atoms with E-state index in [0.717, 1.165) is 17.8 Å². The fraction of sp³-hybridized carbons (Fsp3) is 0.375. The van der Waals surface area contributed by atoms with Crippen molar-refractivity contribution in [1.82, 2.24) is 0 Å². The van der Waals surface area contributed by atoms with Gasteiger partial charge in [0, 0.05) is 0 Å². The first-order valence-corrected chi connectivity index (χ1v) is 6.05. The molecule has 1 heteroatoms. The third-order valence-electron chi connectivity index (χ3n) is 2.48. The molecule has 0 aromatic heterocycles. The Kier molecular flexibility index (Phi) is 7.87. The van der Waals surface area contributed by atoms with Crippen LogP contribution in [0.5, 0.6) is 0 Å². The highest BCUT2D eigenvalue weighted by Gasteiger charge is 2.03. The second-order valence-electron chi connectivity index (χ2n) is 3.90. The van der Waals surface area contributed by atoms with E-state index in [0.29, 0.717) is 5.76 Å². The van der Waals surface area contributed by atoms with Gasteiger partial charge in [0.15, 0.2) is 0 Å². The third kappa shape index (κ3) is 5.96. The van der Waals surface area contributed by atoms with Crippen LogP contribution < -0.4 is 0 Å². The molecule has 0 saturated carbocycles. The van der Waals surface area contributed by atoms with E-state index in [4.69, 9.17) is 4.74 Å². The SMILES string of the molecule is C=C(OC(C=CC)=C(C)CC)C(C)=CC=CC. The maximum Gasteiger partial charge on any atom is 0.125 e. The van der Waals surface area contributed by atoms with Gasteiger partial charge in [-0.1, -0.05) is 37.8 Å². The highest BCUT2D eigenvalue weighted by Crippen LogP contribution is 2.18. The number of allylic oxidation sites excluding steroid dienone is 7. The Hall–Kier alpha value is -1.50. The van der Waals surface area contributed by atoms with Crippen molar-refractivity contribution in [2.24, 2.45) is 0 Å². The topological polar surface area (TPSA) is 9.23 Å². The summed E-state index contributed by atoms with van der Waals surface area (Å²) in [4.78, 5) is 0. The fourth-order valence-corrected chi connectivity index (χ4v) is 1.14. The van der Waals surface area contributed by atoms with E-state index in [1.807, 2.05) is 51.2 Å². The number of hydrogen-bond donors (Lipinski definition) is 0. The van der Waals surface area contributed by atoms with Crippen LogP contribution in [-0.2, 0) is 4.74 Å². The Morgan fingerprint density at radius 2 is 1.82 bits per heavy atom. The van der Waals surface area contributed by atoms with Crippen LogP contribution in [0.15, 0.2) is 59.6 Å². The third-order valence-corrected chi connectivity index (χ3v) is 2.48. The van der Waals surface area contributed by atoms with Gasteiger partial charge < -0.3 is 4.74 Å². The summed E-state index contributed by atoms with van der Waals surface area (Å²) >= 11 is 0. The monoisotopic (exact) mass is 232 g/mol. The minimum absolute atomic E-state index is 0.698. The molecule has 0 radical (unpaired) electrons. The lowest BCUT2D eigenvalue weighted by molar-refractivity contribution is 0.325. The molecule has 0 fully saturated rings. The Bertz CT molecular complexity index is 365. The zero-order chi connectivity index (χ0) is 13.3. The van der Waals surface area contributed by atoms with E-state index in [1.54, 1.807) is 0 Å². The lowest BCUT2D eigenvalue weighted by Crippen LogP contribution is -1.94. The van der Waals surface area contributed by atoms with Gasteiger partial charge in [0.25, 0.3) is 0 Å². The summed E-state index contributed by atoms with van der Waals surface area (Å²) in [6.45, 7) is 14.1. The molecule has 0 aromatic rings. The molecule has 0 saturated heterocycles. The van der Waals surface area contributed by atoms with Crippen LogP contribution in [0.2, 0.25) is 0 Å². The summed E-state index contributed by atoms with van der Waals surface area (Å²) in [5, 5.41) is 0. The molecule has 0 N–H and O–H groups in total. The minimum Gasteiger partial charge on any atom is -0.458 e. The van der Waals surface area contributed by atoms with Gasteiger partial charge in [-0.3, -0.25) is 0 Å². The highest BCUT2D eigenvalue weighted by molar-refractivity contribution is 5.29. The van der Waals surface area contributed by atoms with Crippen LogP contribution in [0.25, 0.3) is 0 Å². The molecular formula is C16H24O. The first-order valence-electron chi connectivity index (χ1n) is 6.05. The molecule has 94 valence electrons. The Morgan fingerprint density at radius 1 is 1.18 bits per heavy atom.